The first-order valence-corrected chi connectivity index (χ1v) is 8.88. The fourth-order valence-electron chi connectivity index (χ4n) is 2.52. The van der Waals surface area contributed by atoms with E-state index in [1.54, 1.807) is 6.92 Å². The summed E-state index contributed by atoms with van der Waals surface area (Å²) in [5, 5.41) is 6.60. The number of aryl methyl sites for hydroxylation is 1. The van der Waals surface area contributed by atoms with Gasteiger partial charge in [-0.15, -0.1) is 0 Å². The minimum absolute atomic E-state index is 0.236. The normalized spacial score (nSPS) is 10.9. The zero-order chi connectivity index (χ0) is 21.4. The van der Waals surface area contributed by atoms with E-state index < -0.39 is 11.8 Å². The summed E-state index contributed by atoms with van der Waals surface area (Å²) >= 11 is 0. The molecule has 0 saturated carbocycles. The molecule has 2 aromatic carbocycles. The molecule has 0 saturated heterocycles. The summed E-state index contributed by atoms with van der Waals surface area (Å²) in [5.41, 5.74) is 5.40. The van der Waals surface area contributed by atoms with E-state index in [9.17, 15) is 9.59 Å². The van der Waals surface area contributed by atoms with Gasteiger partial charge in [-0.1, -0.05) is 29.8 Å². The lowest BCUT2D eigenvalue weighted by Gasteiger charge is -2.14. The molecule has 0 aliphatic carbocycles. The van der Waals surface area contributed by atoms with Crippen LogP contribution in [0.4, 0.5) is 0 Å². The lowest BCUT2D eigenvalue weighted by Crippen LogP contribution is -2.35. The van der Waals surface area contributed by atoms with Gasteiger partial charge in [-0.05, 0) is 31.5 Å². The molecule has 8 nitrogen and oxygen atoms in total. The van der Waals surface area contributed by atoms with Gasteiger partial charge in [0.2, 0.25) is 5.75 Å². The average molecular weight is 399 g/mol. The van der Waals surface area contributed by atoms with Gasteiger partial charge in [-0.2, -0.15) is 5.10 Å². The Morgan fingerprint density at radius 3 is 2.03 bits per heavy atom. The molecule has 0 aromatic heterocycles. The monoisotopic (exact) mass is 399 g/mol. The van der Waals surface area contributed by atoms with Crippen LogP contribution in [0.1, 0.15) is 28.4 Å². The van der Waals surface area contributed by atoms with E-state index in [4.69, 9.17) is 14.2 Å². The zero-order valence-electron chi connectivity index (χ0n) is 17.2. The number of hydrazone groups is 1. The number of carbonyl (C=O) groups is 2. The fraction of sp³-hybridized carbons (Fsp3) is 0.286. The number of nitrogens with one attached hydrogen (secondary N) is 2. The number of amides is 2. The summed E-state index contributed by atoms with van der Waals surface area (Å²) < 4.78 is 15.7. The molecular weight excluding hydrogens is 374 g/mol. The molecule has 8 heteroatoms. The van der Waals surface area contributed by atoms with Crippen LogP contribution in [0.3, 0.4) is 0 Å². The number of ether oxygens (including phenoxy) is 3. The zero-order valence-corrected chi connectivity index (χ0v) is 17.2. The van der Waals surface area contributed by atoms with Gasteiger partial charge in [0.05, 0.1) is 33.6 Å². The van der Waals surface area contributed by atoms with Crippen LogP contribution in [-0.4, -0.2) is 45.4 Å². The number of hydrogen-bond donors (Lipinski definition) is 2. The third kappa shape index (κ3) is 5.71. The topological polar surface area (TPSA) is 98.2 Å². The van der Waals surface area contributed by atoms with E-state index >= 15 is 0 Å². The second-order valence-electron chi connectivity index (χ2n) is 6.19. The van der Waals surface area contributed by atoms with Crippen molar-refractivity contribution in [2.24, 2.45) is 5.10 Å². The van der Waals surface area contributed by atoms with Crippen molar-refractivity contribution in [2.75, 3.05) is 27.9 Å². The predicted octanol–water partition coefficient (Wildman–Crippen LogP) is 2.29. The minimum atomic E-state index is -0.460. The minimum Gasteiger partial charge on any atom is -0.493 e. The van der Waals surface area contributed by atoms with Gasteiger partial charge in [0.1, 0.15) is 0 Å². The van der Waals surface area contributed by atoms with E-state index in [-0.39, 0.29) is 12.1 Å². The number of methoxy groups -OCH3 is 3. The van der Waals surface area contributed by atoms with E-state index in [0.29, 0.717) is 23.0 Å². The number of hydrogen-bond acceptors (Lipinski definition) is 6. The average Bonchev–Trinajstić information content (AvgIpc) is 2.74. The summed E-state index contributed by atoms with van der Waals surface area (Å²) in [6.45, 7) is 3.55. The molecule has 2 N–H and O–H groups in total. The Bertz CT molecular complexity index is 882. The van der Waals surface area contributed by atoms with E-state index in [0.717, 1.165) is 11.1 Å². The maximum Gasteiger partial charge on any atom is 0.259 e. The largest absolute Gasteiger partial charge is 0.493 e. The van der Waals surface area contributed by atoms with Gasteiger partial charge in [0.25, 0.3) is 11.8 Å². The quantitative estimate of drug-likeness (QED) is 0.524. The van der Waals surface area contributed by atoms with Gasteiger partial charge in [0, 0.05) is 5.56 Å². The van der Waals surface area contributed by atoms with Crippen molar-refractivity contribution in [1.82, 2.24) is 10.7 Å². The Labute approximate surface area is 169 Å². The summed E-state index contributed by atoms with van der Waals surface area (Å²) in [6.07, 6.45) is 0. The molecule has 0 aliphatic heterocycles. The maximum absolute atomic E-state index is 12.4. The van der Waals surface area contributed by atoms with Crippen molar-refractivity contribution < 1.29 is 23.8 Å². The number of nitrogens with zero attached hydrogens (tertiary/aromatic N) is 1. The van der Waals surface area contributed by atoms with Crippen LogP contribution in [0.2, 0.25) is 0 Å². The second kappa shape index (κ2) is 10.1. The summed E-state index contributed by atoms with van der Waals surface area (Å²) in [5.74, 6) is 0.167. The summed E-state index contributed by atoms with van der Waals surface area (Å²) in [4.78, 5) is 24.4. The van der Waals surface area contributed by atoms with E-state index in [1.165, 1.54) is 33.5 Å². The van der Waals surface area contributed by atoms with Crippen molar-refractivity contribution in [3.8, 4) is 17.2 Å². The molecule has 0 atom stereocenters. The molecule has 0 bridgehead atoms. The van der Waals surface area contributed by atoms with Crippen LogP contribution in [0.25, 0.3) is 0 Å². The van der Waals surface area contributed by atoms with Gasteiger partial charge in [0.15, 0.2) is 11.5 Å². The van der Waals surface area contributed by atoms with Gasteiger partial charge in [-0.3, -0.25) is 9.59 Å². The van der Waals surface area contributed by atoms with Crippen LogP contribution < -0.4 is 25.0 Å². The standard InChI is InChI=1S/C21H25N3O5/c1-13-6-8-15(9-7-13)14(2)23-24-19(25)12-22-21(26)16-10-17(27-3)20(29-5)18(11-16)28-4/h6-11H,12H2,1-5H3,(H,22,26)(H,24,25)/b23-14+. The lowest BCUT2D eigenvalue weighted by atomic mass is 10.1. The van der Waals surface area contributed by atoms with Crippen LogP contribution in [0.5, 0.6) is 17.2 Å². The molecule has 2 aromatic rings. The molecule has 0 spiro atoms. The maximum atomic E-state index is 12.4. The first-order chi connectivity index (χ1) is 13.9. The molecule has 0 heterocycles. The van der Waals surface area contributed by atoms with Crippen LogP contribution in [0.15, 0.2) is 41.5 Å². The van der Waals surface area contributed by atoms with Gasteiger partial charge >= 0.3 is 0 Å². The Kier molecular flexibility index (Phi) is 7.59. The van der Waals surface area contributed by atoms with Gasteiger partial charge < -0.3 is 19.5 Å². The molecule has 0 unspecified atom stereocenters. The summed E-state index contributed by atoms with van der Waals surface area (Å²) in [7, 11) is 4.39. The van der Waals surface area contributed by atoms with E-state index in [2.05, 4.69) is 15.8 Å². The highest BCUT2D eigenvalue weighted by atomic mass is 16.5. The second-order valence-corrected chi connectivity index (χ2v) is 6.19. The predicted molar refractivity (Wildman–Crippen MR) is 110 cm³/mol. The number of benzene rings is 2. The van der Waals surface area contributed by atoms with Crippen LogP contribution >= 0.6 is 0 Å². The van der Waals surface area contributed by atoms with Crippen molar-refractivity contribution >= 4 is 17.5 Å². The molecule has 2 amide bonds. The Morgan fingerprint density at radius 1 is 0.931 bits per heavy atom. The Balaban J connectivity index is 1.98. The molecule has 0 aliphatic rings. The first-order valence-electron chi connectivity index (χ1n) is 8.88. The van der Waals surface area contributed by atoms with Crippen molar-refractivity contribution in [3.05, 3.63) is 53.1 Å². The van der Waals surface area contributed by atoms with Crippen molar-refractivity contribution in [1.29, 1.82) is 0 Å². The molecule has 0 radical (unpaired) electrons. The third-order valence-electron chi connectivity index (χ3n) is 4.15. The molecular formula is C21H25N3O5. The van der Waals surface area contributed by atoms with Crippen LogP contribution in [-0.2, 0) is 4.79 Å². The van der Waals surface area contributed by atoms with Gasteiger partial charge in [-0.25, -0.2) is 5.43 Å². The van der Waals surface area contributed by atoms with Crippen molar-refractivity contribution in [3.63, 3.8) is 0 Å². The first kappa shape index (κ1) is 21.7. The van der Waals surface area contributed by atoms with Crippen molar-refractivity contribution in [2.45, 2.75) is 13.8 Å². The Morgan fingerprint density at radius 2 is 1.52 bits per heavy atom. The fourth-order valence-corrected chi connectivity index (χ4v) is 2.52. The lowest BCUT2D eigenvalue weighted by molar-refractivity contribution is -0.120. The smallest absolute Gasteiger partial charge is 0.259 e. The molecule has 2 rings (SSSR count). The van der Waals surface area contributed by atoms with Crippen LogP contribution in [0, 0.1) is 6.92 Å². The van der Waals surface area contributed by atoms with E-state index in [1.807, 2.05) is 31.2 Å². The highest BCUT2D eigenvalue weighted by Gasteiger charge is 2.17. The molecule has 29 heavy (non-hydrogen) atoms. The Hall–Kier alpha value is -3.55. The summed E-state index contributed by atoms with van der Waals surface area (Å²) in [6, 6.07) is 10.8. The highest BCUT2D eigenvalue weighted by molar-refractivity contribution is 6.00. The highest BCUT2D eigenvalue weighted by Crippen LogP contribution is 2.38. The SMILES string of the molecule is COc1cc(C(=O)NCC(=O)N/N=C(\C)c2ccc(C)cc2)cc(OC)c1OC. The molecule has 0 fully saturated rings. The molecule has 154 valence electrons. The number of rotatable bonds is 8. The third-order valence-corrected chi connectivity index (χ3v) is 4.15. The number of carbonyl (C=O) groups excluding carboxylic acids is 2.